The van der Waals surface area contributed by atoms with E-state index in [1.165, 1.54) is 112 Å². The van der Waals surface area contributed by atoms with E-state index in [1.807, 2.05) is 60.7 Å². The van der Waals surface area contributed by atoms with Crippen LogP contribution in [0.15, 0.2) is 169 Å². The molecule has 5 N–H and O–H groups in total. The van der Waals surface area contributed by atoms with Crippen LogP contribution in [-0.2, 0) is 47.2 Å². The number of hydrogen-bond acceptors (Lipinski definition) is 13. The number of methoxy groups -OCH3 is 1. The lowest BCUT2D eigenvalue weighted by molar-refractivity contribution is -0.384. The number of allylic oxidation sites excluding steroid dienone is 1. The number of imide groups is 1. The highest BCUT2D eigenvalue weighted by molar-refractivity contribution is 6.18. The van der Waals surface area contributed by atoms with Crippen molar-refractivity contribution in [1.82, 2.24) is 16.0 Å². The summed E-state index contributed by atoms with van der Waals surface area (Å²) in [7, 11) is 1.63. The molecular formula is C83H103FN6O11. The van der Waals surface area contributed by atoms with Gasteiger partial charge in [0, 0.05) is 44.5 Å². The number of hydrogen-bond donors (Lipinski definition) is 4. The lowest BCUT2D eigenvalue weighted by atomic mass is 9.47. The summed E-state index contributed by atoms with van der Waals surface area (Å²) >= 11 is 0. The molecule has 10 rings (SSSR count). The van der Waals surface area contributed by atoms with Gasteiger partial charge < -0.3 is 35.3 Å². The molecule has 0 aromatic heterocycles. The van der Waals surface area contributed by atoms with Crippen molar-refractivity contribution in [3.8, 4) is 11.5 Å². The molecule has 0 bridgehead atoms. The Morgan fingerprint density at radius 2 is 1.35 bits per heavy atom. The minimum atomic E-state index is -1.40. The monoisotopic (exact) mass is 1380 g/mol. The number of ether oxygens (including phenoxy) is 4. The highest BCUT2D eigenvalue weighted by Gasteiger charge is 2.59. The van der Waals surface area contributed by atoms with Gasteiger partial charge in [-0.15, -0.1) is 0 Å². The molecule has 0 heterocycles. The topological polar surface area (TPSA) is 231 Å². The maximum absolute atomic E-state index is 15.3. The Morgan fingerprint density at radius 3 is 2.01 bits per heavy atom. The van der Waals surface area contributed by atoms with Crippen LogP contribution in [0.5, 0.6) is 11.5 Å². The fourth-order valence-electron chi connectivity index (χ4n) is 17.2. The van der Waals surface area contributed by atoms with Gasteiger partial charge in [0.15, 0.2) is 0 Å². The van der Waals surface area contributed by atoms with E-state index in [2.05, 4.69) is 80.9 Å². The zero-order valence-electron chi connectivity index (χ0n) is 59.7. The maximum atomic E-state index is 15.3. The largest absolute Gasteiger partial charge is 0.514 e. The third-order valence-electron chi connectivity index (χ3n) is 22.6. The second-order valence-electron chi connectivity index (χ2n) is 29.5. The van der Waals surface area contributed by atoms with Crippen LogP contribution in [0.3, 0.4) is 0 Å². The van der Waals surface area contributed by atoms with Gasteiger partial charge >= 0.3 is 6.16 Å². The predicted molar refractivity (Wildman–Crippen MR) is 390 cm³/mol. The van der Waals surface area contributed by atoms with Gasteiger partial charge in [0.2, 0.25) is 11.8 Å². The fraction of sp³-hybridized carbons (Fsp3) is 0.482. The van der Waals surface area contributed by atoms with Gasteiger partial charge in [-0.3, -0.25) is 34.6 Å². The molecule has 0 spiro atoms. The number of nitro groups is 1. The number of carbonyl (C=O) groups excluding carboxylic acids is 5. The van der Waals surface area contributed by atoms with Crippen LogP contribution >= 0.6 is 0 Å². The molecule has 17 nitrogen and oxygen atoms in total. The highest BCUT2D eigenvalue weighted by atomic mass is 19.1. The molecular weight excluding hydrogens is 1280 g/mol. The van der Waals surface area contributed by atoms with Crippen molar-refractivity contribution in [2.75, 3.05) is 31.7 Å². The third-order valence-corrected chi connectivity index (χ3v) is 22.6. The molecule has 101 heavy (non-hydrogen) atoms. The quantitative estimate of drug-likeness (QED) is 0.00572. The smallest absolute Gasteiger partial charge is 0.497 e. The van der Waals surface area contributed by atoms with Crippen molar-refractivity contribution in [3.63, 3.8) is 0 Å². The van der Waals surface area contributed by atoms with E-state index in [0.29, 0.717) is 61.3 Å². The van der Waals surface area contributed by atoms with Gasteiger partial charge in [-0.25, -0.2) is 14.1 Å². The van der Waals surface area contributed by atoms with Crippen molar-refractivity contribution in [2.24, 2.45) is 52.1 Å². The molecule has 4 aliphatic carbocycles. The Balaban J connectivity index is 0.761. The maximum Gasteiger partial charge on any atom is 0.514 e. The number of nitrogens with two attached hydrogens (primary N) is 1. The summed E-state index contributed by atoms with van der Waals surface area (Å²) in [4.78, 5) is 81.9. The van der Waals surface area contributed by atoms with Crippen molar-refractivity contribution in [3.05, 3.63) is 213 Å². The van der Waals surface area contributed by atoms with Gasteiger partial charge in [-0.1, -0.05) is 169 Å². The Bertz CT molecular complexity index is 3720. The SMILES string of the molecule is COc1ccc(C(NCCCC[C@H](N)C(=O)N(C(=O)[C@H](Cc2ccc(F)cc2)NC(=O)CCC(=O)NCCCOC2CC[C@@]3(C)C(=CC[C@H]4[C@@H]5CC[C@H]([C@H](C)CCCC(C)C)[C@@]5(C)CC[C@@H]43)C2)c2ccc(COC(=O)Oc3ccc([N+](=O)[O-])cc3)cc2)(c2ccccc2)c2ccccc2)cc1. The summed E-state index contributed by atoms with van der Waals surface area (Å²) in [6.07, 6.45) is 16.6. The van der Waals surface area contributed by atoms with Crippen LogP contribution < -0.4 is 36.1 Å². The van der Waals surface area contributed by atoms with Crippen molar-refractivity contribution in [2.45, 2.75) is 181 Å². The van der Waals surface area contributed by atoms with E-state index >= 15 is 9.59 Å². The molecule has 10 atom stereocenters. The minimum absolute atomic E-state index is 0.0239. The fourth-order valence-corrected chi connectivity index (χ4v) is 17.2. The van der Waals surface area contributed by atoms with E-state index in [-0.39, 0.29) is 66.8 Å². The Kier molecular flexibility index (Phi) is 25.9. The number of fused-ring (bicyclic) bond motifs is 5. The van der Waals surface area contributed by atoms with Gasteiger partial charge in [0.1, 0.15) is 30.0 Å². The van der Waals surface area contributed by atoms with Crippen LogP contribution in [0, 0.1) is 62.3 Å². The second-order valence-corrected chi connectivity index (χ2v) is 29.5. The number of benzene rings is 6. The molecule has 18 heteroatoms. The number of anilines is 1. The molecule has 4 amide bonds. The normalized spacial score (nSPS) is 21.7. The third kappa shape index (κ3) is 18.6. The lowest BCUT2D eigenvalue weighted by Crippen LogP contribution is -2.55. The van der Waals surface area contributed by atoms with Gasteiger partial charge in [-0.2, -0.15) is 0 Å². The van der Waals surface area contributed by atoms with E-state index in [1.54, 1.807) is 24.8 Å². The molecule has 6 aromatic rings. The number of rotatable bonds is 33. The van der Waals surface area contributed by atoms with Crippen molar-refractivity contribution in [1.29, 1.82) is 0 Å². The van der Waals surface area contributed by atoms with Crippen LogP contribution in [0.25, 0.3) is 0 Å². The second kappa shape index (κ2) is 34.9. The number of nitrogens with one attached hydrogen (secondary N) is 3. The number of halogens is 1. The zero-order chi connectivity index (χ0) is 71.7. The molecule has 4 aliphatic rings. The summed E-state index contributed by atoms with van der Waals surface area (Å²) in [6, 6.07) is 42.0. The molecule has 0 radical (unpaired) electrons. The van der Waals surface area contributed by atoms with E-state index < -0.39 is 52.2 Å². The van der Waals surface area contributed by atoms with E-state index in [9.17, 15) is 28.9 Å². The summed E-state index contributed by atoms with van der Waals surface area (Å²) < 4.78 is 37.0. The Labute approximate surface area is 595 Å². The number of nitro benzene ring substituents is 1. The number of amides is 4. The van der Waals surface area contributed by atoms with E-state index in [0.717, 1.165) is 76.4 Å². The molecule has 3 fully saturated rings. The molecule has 0 aliphatic heterocycles. The van der Waals surface area contributed by atoms with Crippen molar-refractivity contribution >= 4 is 41.2 Å². The standard InChI is InChI=1S/C83H103FN6O11/c1-56(2)17-15-18-57(3)71-42-43-72-70-41-30-63-54-69(46-48-81(63,4)73(70)47-49-82(71,72)5)99-52-16-50-86-76(91)44-45-77(92)88-75(53-58-24-31-64(84)32-25-58)79(94)89(65-33-26-59(27-34-65)55-100-80(95)101-68-39-35-66(36-40-68)90(96)97)78(93)74(85)23-13-14-51-87-83(60-19-9-7-10-20-60,61-21-11-8-12-22-61)62-28-37-67(98-6)38-29-62/h7-12,19-22,24-40,56-57,69-75,87H,13-18,23,41-55,85H2,1-6H3,(H,86,91)(H,88,92)/t57-,69?,70+,71-,72+,73+,74+,75+,81+,82-/m1/s1. The first-order valence-corrected chi connectivity index (χ1v) is 36.6. The van der Waals surface area contributed by atoms with Gasteiger partial charge in [0.25, 0.3) is 17.5 Å². The number of unbranched alkanes of at least 4 members (excludes halogenated alkanes) is 1. The van der Waals surface area contributed by atoms with Crippen LogP contribution in [0.1, 0.15) is 172 Å². The van der Waals surface area contributed by atoms with Gasteiger partial charge in [-0.05, 0) is 200 Å². The Hall–Kier alpha value is -8.58. The summed E-state index contributed by atoms with van der Waals surface area (Å²) in [5, 5.41) is 20.8. The van der Waals surface area contributed by atoms with Crippen molar-refractivity contribution < 1.29 is 52.2 Å². The minimum Gasteiger partial charge on any atom is -0.497 e. The summed E-state index contributed by atoms with van der Waals surface area (Å²) in [5.41, 5.74) is 12.1. The summed E-state index contributed by atoms with van der Waals surface area (Å²) in [6.45, 7) is 13.5. The number of carbonyl (C=O) groups is 5. The van der Waals surface area contributed by atoms with Gasteiger partial charge in [0.05, 0.1) is 35.4 Å². The molecule has 1 unspecified atom stereocenters. The van der Waals surface area contributed by atoms with Crippen LogP contribution in [0.4, 0.5) is 20.6 Å². The highest BCUT2D eigenvalue weighted by Crippen LogP contribution is 2.67. The molecule has 0 saturated heterocycles. The lowest BCUT2D eigenvalue weighted by Gasteiger charge is -2.58. The predicted octanol–water partition coefficient (Wildman–Crippen LogP) is 15.8. The van der Waals surface area contributed by atoms with Crippen LogP contribution in [0.2, 0.25) is 0 Å². The first kappa shape index (κ1) is 75.1. The van der Waals surface area contributed by atoms with Crippen LogP contribution in [-0.4, -0.2) is 79.7 Å². The first-order valence-electron chi connectivity index (χ1n) is 36.6. The average Bonchev–Trinajstić information content (AvgIpc) is 1.68. The Morgan fingerprint density at radius 1 is 0.693 bits per heavy atom. The van der Waals surface area contributed by atoms with E-state index in [4.69, 9.17) is 24.7 Å². The first-order chi connectivity index (χ1) is 48.7. The molecule has 3 saturated carbocycles. The molecule has 6 aromatic carbocycles. The molecule has 538 valence electrons. The number of nitrogens with zero attached hydrogens (tertiary/aromatic N) is 2. The zero-order valence-corrected chi connectivity index (χ0v) is 59.7. The number of non-ortho nitro benzene ring substituents is 1. The average molecular weight is 1380 g/mol. The summed E-state index contributed by atoms with van der Waals surface area (Å²) in [5.74, 6) is 2.39.